The number of hydrogen-bond acceptors (Lipinski definition) is 7. The maximum atomic E-state index is 14.4. The highest BCUT2D eigenvalue weighted by Crippen LogP contribution is 2.42. The Morgan fingerprint density at radius 3 is 2.37 bits per heavy atom. The molecule has 4 aromatic carbocycles. The van der Waals surface area contributed by atoms with Crippen molar-refractivity contribution in [3.63, 3.8) is 0 Å². The summed E-state index contributed by atoms with van der Waals surface area (Å²) >= 11 is 7.11. The smallest absolute Gasteiger partial charge is 0.355 e. The van der Waals surface area contributed by atoms with Crippen LogP contribution in [0.3, 0.4) is 0 Å². The van der Waals surface area contributed by atoms with E-state index in [9.17, 15) is 19.1 Å². The Morgan fingerprint density at radius 1 is 0.881 bits per heavy atom. The van der Waals surface area contributed by atoms with Gasteiger partial charge in [-0.15, -0.1) is 0 Å². The number of nitrogens with zero attached hydrogens (tertiary/aromatic N) is 5. The lowest BCUT2D eigenvalue weighted by Crippen LogP contribution is -2.27. The number of fused-ring (bicyclic) bond motifs is 3. The fraction of sp³-hybridized carbons (Fsp3) is 0.348. The molecule has 308 valence electrons. The molecule has 1 N–H and O–H groups in total. The number of benzene rings is 4. The van der Waals surface area contributed by atoms with Gasteiger partial charge in [-0.1, -0.05) is 35.9 Å². The van der Waals surface area contributed by atoms with Crippen LogP contribution in [0.25, 0.3) is 43.8 Å². The van der Waals surface area contributed by atoms with Crippen molar-refractivity contribution >= 4 is 56.2 Å². The molecule has 0 saturated carbocycles. The van der Waals surface area contributed by atoms with Gasteiger partial charge in [0.2, 0.25) is 0 Å². The number of imidazole rings is 1. The van der Waals surface area contributed by atoms with Crippen molar-refractivity contribution in [1.82, 2.24) is 23.9 Å². The summed E-state index contributed by atoms with van der Waals surface area (Å²) in [4.78, 5) is 30.7. The number of aryl methyl sites for hydroxylation is 5. The lowest BCUT2D eigenvalue weighted by molar-refractivity contribution is 0.00547. The summed E-state index contributed by atoms with van der Waals surface area (Å²) in [7, 11) is 1.90. The van der Waals surface area contributed by atoms with Gasteiger partial charge in [-0.3, -0.25) is 4.68 Å². The number of halogens is 2. The fourth-order valence-corrected chi connectivity index (χ4v) is 8.23. The van der Waals surface area contributed by atoms with Gasteiger partial charge < -0.3 is 28.5 Å². The zero-order valence-corrected chi connectivity index (χ0v) is 35.2. The molecular formula is C46H49ClFN5O6. The standard InChI is InChI=1S/C46H49ClFN5O6/c1-27-39(28(2)51(7)50-27)40-36(47)20-19-34-33(14-10-24-58-38-16-8-12-30-26-31(48)17-18-32(30)38)43(45(56)59-46(4,5)6)53(42(34)40)22-25-57-23-11-21-52-29(3)49-41-35(44(54)55)13-9-15-37(41)52/h8-9,12-13,15-20,26H,10-11,14,21-25H2,1-7H3,(H,54,55). The lowest BCUT2D eigenvalue weighted by atomic mass is 9.98. The molecule has 59 heavy (non-hydrogen) atoms. The van der Waals surface area contributed by atoms with Crippen molar-refractivity contribution in [3.05, 3.63) is 112 Å². The van der Waals surface area contributed by atoms with Gasteiger partial charge in [-0.05, 0) is 114 Å². The largest absolute Gasteiger partial charge is 0.493 e. The highest BCUT2D eigenvalue weighted by atomic mass is 35.5. The van der Waals surface area contributed by atoms with Gasteiger partial charge in [0.25, 0.3) is 0 Å². The summed E-state index contributed by atoms with van der Waals surface area (Å²) in [6, 6.07) is 19.2. The predicted molar refractivity (Wildman–Crippen MR) is 228 cm³/mol. The minimum absolute atomic E-state index is 0.172. The zero-order valence-electron chi connectivity index (χ0n) is 34.5. The molecule has 3 aromatic heterocycles. The van der Waals surface area contributed by atoms with Crippen molar-refractivity contribution in [2.75, 3.05) is 19.8 Å². The van der Waals surface area contributed by atoms with E-state index in [4.69, 9.17) is 30.9 Å². The Kier molecular flexibility index (Phi) is 11.8. The quantitative estimate of drug-likeness (QED) is 0.0801. The first-order valence-electron chi connectivity index (χ1n) is 19.8. The number of hydrogen-bond donors (Lipinski definition) is 1. The molecule has 0 unspecified atom stereocenters. The molecule has 0 radical (unpaired) electrons. The van der Waals surface area contributed by atoms with Crippen LogP contribution in [0.4, 0.5) is 4.39 Å². The number of carboxylic acid groups (broad SMARTS) is 1. The van der Waals surface area contributed by atoms with Crippen molar-refractivity contribution in [2.45, 2.75) is 79.5 Å². The SMILES string of the molecule is Cc1nn(C)c(C)c1-c1c(Cl)ccc2c(CCCOc3cccc4cc(F)ccc34)c(C(=O)OC(C)(C)C)n(CCOCCCn3c(C)nc4c(C(=O)O)cccc43)c12. The third-order valence-corrected chi connectivity index (χ3v) is 10.9. The number of rotatable bonds is 15. The molecule has 0 saturated heterocycles. The first-order valence-corrected chi connectivity index (χ1v) is 20.2. The highest BCUT2D eigenvalue weighted by Gasteiger charge is 2.30. The normalized spacial score (nSPS) is 11.9. The minimum atomic E-state index is -1.01. The lowest BCUT2D eigenvalue weighted by Gasteiger charge is -2.21. The van der Waals surface area contributed by atoms with E-state index in [1.807, 2.05) is 98.8 Å². The van der Waals surface area contributed by atoms with E-state index in [-0.39, 0.29) is 18.0 Å². The summed E-state index contributed by atoms with van der Waals surface area (Å²) < 4.78 is 38.4. The minimum Gasteiger partial charge on any atom is -0.493 e. The van der Waals surface area contributed by atoms with Crippen LogP contribution in [0.5, 0.6) is 5.75 Å². The second-order valence-corrected chi connectivity index (χ2v) is 16.2. The van der Waals surface area contributed by atoms with Crippen LogP contribution in [0.2, 0.25) is 5.02 Å². The van der Waals surface area contributed by atoms with Crippen molar-refractivity contribution in [3.8, 4) is 16.9 Å². The van der Waals surface area contributed by atoms with Gasteiger partial charge >= 0.3 is 11.9 Å². The molecule has 0 aliphatic rings. The summed E-state index contributed by atoms with van der Waals surface area (Å²) in [6.07, 6.45) is 1.71. The van der Waals surface area contributed by atoms with Crippen molar-refractivity contribution < 1.29 is 33.3 Å². The average molecular weight is 822 g/mol. The summed E-state index contributed by atoms with van der Waals surface area (Å²) in [6.45, 7) is 13.3. The third kappa shape index (κ3) is 8.42. The van der Waals surface area contributed by atoms with E-state index in [2.05, 4.69) is 4.98 Å². The second-order valence-electron chi connectivity index (χ2n) is 15.8. The van der Waals surface area contributed by atoms with Gasteiger partial charge in [0.15, 0.2) is 0 Å². The Hall–Kier alpha value is -5.72. The van der Waals surface area contributed by atoms with Crippen LogP contribution < -0.4 is 4.74 Å². The molecule has 3 heterocycles. The van der Waals surface area contributed by atoms with Crippen molar-refractivity contribution in [2.24, 2.45) is 7.05 Å². The molecule has 7 rings (SSSR count). The molecule has 0 atom stereocenters. The Balaban J connectivity index is 1.20. The zero-order chi connectivity index (χ0) is 42.2. The molecule has 11 nitrogen and oxygen atoms in total. The molecule has 0 fully saturated rings. The van der Waals surface area contributed by atoms with E-state index in [0.29, 0.717) is 67.5 Å². The number of ether oxygens (including phenoxy) is 3. The summed E-state index contributed by atoms with van der Waals surface area (Å²) in [5.41, 5.74) is 6.10. The molecular weight excluding hydrogens is 773 g/mol. The van der Waals surface area contributed by atoms with E-state index in [1.165, 1.54) is 12.1 Å². The highest BCUT2D eigenvalue weighted by molar-refractivity contribution is 6.35. The number of aromatic carboxylic acids is 1. The predicted octanol–water partition coefficient (Wildman–Crippen LogP) is 10.0. The fourth-order valence-electron chi connectivity index (χ4n) is 7.98. The molecule has 0 amide bonds. The van der Waals surface area contributed by atoms with Gasteiger partial charge in [-0.25, -0.2) is 19.0 Å². The topological polar surface area (TPSA) is 123 Å². The van der Waals surface area contributed by atoms with E-state index >= 15 is 0 Å². The van der Waals surface area contributed by atoms with Crippen LogP contribution in [0, 0.1) is 26.6 Å². The van der Waals surface area contributed by atoms with Crippen LogP contribution in [-0.2, 0) is 36.0 Å². The molecule has 0 spiro atoms. The van der Waals surface area contributed by atoms with Crippen LogP contribution in [0.15, 0.2) is 66.7 Å². The number of para-hydroxylation sites is 1. The number of aromatic nitrogens is 5. The third-order valence-electron chi connectivity index (χ3n) is 10.6. The van der Waals surface area contributed by atoms with Gasteiger partial charge in [0, 0.05) is 54.3 Å². The Labute approximate surface area is 347 Å². The first-order chi connectivity index (χ1) is 28.1. The number of carbonyl (C=O) groups is 2. The summed E-state index contributed by atoms with van der Waals surface area (Å²) in [5, 5.41) is 17.3. The monoisotopic (exact) mass is 821 g/mol. The molecule has 7 aromatic rings. The van der Waals surface area contributed by atoms with E-state index in [1.54, 1.807) is 18.2 Å². The molecule has 0 aliphatic carbocycles. The molecule has 13 heteroatoms. The first kappa shape index (κ1) is 41.4. The van der Waals surface area contributed by atoms with E-state index < -0.39 is 17.5 Å². The molecule has 0 bridgehead atoms. The van der Waals surface area contributed by atoms with Crippen LogP contribution in [0.1, 0.15) is 77.2 Å². The second kappa shape index (κ2) is 16.9. The van der Waals surface area contributed by atoms with Gasteiger partial charge in [-0.2, -0.15) is 5.10 Å². The number of esters is 1. The van der Waals surface area contributed by atoms with Crippen LogP contribution in [-0.4, -0.2) is 66.4 Å². The average Bonchev–Trinajstić information content (AvgIpc) is 3.76. The molecule has 0 aliphatic heterocycles. The number of carbonyl (C=O) groups excluding carboxylic acids is 1. The van der Waals surface area contributed by atoms with Gasteiger partial charge in [0.05, 0.1) is 40.5 Å². The Bertz CT molecular complexity index is 2720. The van der Waals surface area contributed by atoms with Crippen LogP contribution >= 0.6 is 11.6 Å². The Morgan fingerprint density at radius 2 is 1.64 bits per heavy atom. The summed E-state index contributed by atoms with van der Waals surface area (Å²) in [5.74, 6) is -0.386. The van der Waals surface area contributed by atoms with Crippen molar-refractivity contribution in [1.29, 1.82) is 0 Å². The maximum absolute atomic E-state index is 14.4. The maximum Gasteiger partial charge on any atom is 0.355 e. The van der Waals surface area contributed by atoms with Gasteiger partial charge in [0.1, 0.15) is 34.2 Å². The van der Waals surface area contributed by atoms with E-state index in [0.717, 1.165) is 61.1 Å². The number of carboxylic acids is 1.